The molecule has 0 spiro atoms. The fraction of sp³-hybridized carbons (Fsp3) is 0.240. The topological polar surface area (TPSA) is 211 Å². The molecule has 0 unspecified atom stereocenters. The van der Waals surface area contributed by atoms with E-state index >= 15 is 0 Å². The summed E-state index contributed by atoms with van der Waals surface area (Å²) in [6.07, 6.45) is -2.07. The van der Waals surface area contributed by atoms with Gasteiger partial charge < -0.3 is 45.2 Å². The van der Waals surface area contributed by atoms with Gasteiger partial charge >= 0.3 is 17.9 Å². The summed E-state index contributed by atoms with van der Waals surface area (Å²) in [5, 5.41) is 68.3. The molecule has 0 aromatic heterocycles. The monoisotopic (exact) mass is 516 g/mol. The van der Waals surface area contributed by atoms with E-state index < -0.39 is 66.2 Å². The second kappa shape index (κ2) is 11.0. The Hall–Kier alpha value is -4.55. The predicted octanol–water partition coefficient (Wildman–Crippen LogP) is 1.03. The SMILES string of the molecule is O=C(/C=C/c1ccc(O)c(O)c1)OC1[C@H](O)CC(OC(=O)/C=C/c2ccc(O)c(O)c2)(C(=O)O)C[C@H]1O. The molecule has 0 radical (unpaired) electrons. The van der Waals surface area contributed by atoms with Crippen molar-refractivity contribution in [3.05, 3.63) is 59.7 Å². The van der Waals surface area contributed by atoms with Crippen LogP contribution in [-0.4, -0.2) is 77.6 Å². The third kappa shape index (κ3) is 6.57. The molecule has 7 N–H and O–H groups in total. The van der Waals surface area contributed by atoms with Crippen LogP contribution in [-0.2, 0) is 23.9 Å². The van der Waals surface area contributed by atoms with E-state index in [1.165, 1.54) is 42.5 Å². The number of carbonyl (C=O) groups excluding carboxylic acids is 2. The summed E-state index contributed by atoms with van der Waals surface area (Å²) in [5.74, 6) is -5.32. The Bertz CT molecular complexity index is 1240. The van der Waals surface area contributed by atoms with Crippen LogP contribution in [0.5, 0.6) is 23.0 Å². The number of esters is 2. The molecule has 2 atom stereocenters. The van der Waals surface area contributed by atoms with Gasteiger partial charge in [0, 0.05) is 25.0 Å². The number of hydrogen-bond acceptors (Lipinski definition) is 11. The van der Waals surface area contributed by atoms with Gasteiger partial charge in [0.15, 0.2) is 29.1 Å². The van der Waals surface area contributed by atoms with Gasteiger partial charge in [-0.05, 0) is 47.5 Å². The average Bonchev–Trinajstić information content (AvgIpc) is 2.83. The number of aliphatic hydroxyl groups excluding tert-OH is 2. The highest BCUT2D eigenvalue weighted by atomic mass is 16.6. The van der Waals surface area contributed by atoms with Gasteiger partial charge in [0.05, 0.1) is 12.2 Å². The average molecular weight is 516 g/mol. The molecule has 1 fully saturated rings. The molecular weight excluding hydrogens is 492 g/mol. The minimum absolute atomic E-state index is 0.294. The predicted molar refractivity (Wildman–Crippen MR) is 125 cm³/mol. The van der Waals surface area contributed by atoms with Crippen molar-refractivity contribution in [1.29, 1.82) is 0 Å². The van der Waals surface area contributed by atoms with Crippen LogP contribution >= 0.6 is 0 Å². The molecule has 2 aromatic rings. The van der Waals surface area contributed by atoms with Crippen LogP contribution in [0.25, 0.3) is 12.2 Å². The molecule has 1 saturated carbocycles. The van der Waals surface area contributed by atoms with Gasteiger partial charge in [0.25, 0.3) is 0 Å². The van der Waals surface area contributed by atoms with Crippen molar-refractivity contribution in [3.63, 3.8) is 0 Å². The highest BCUT2D eigenvalue weighted by Gasteiger charge is 2.54. The minimum Gasteiger partial charge on any atom is -0.504 e. The van der Waals surface area contributed by atoms with Crippen LogP contribution in [0, 0.1) is 0 Å². The fourth-order valence-corrected chi connectivity index (χ4v) is 3.72. The summed E-state index contributed by atoms with van der Waals surface area (Å²) in [5.41, 5.74) is -1.69. The molecule has 12 heteroatoms. The number of aromatic hydroxyl groups is 4. The number of phenols is 4. The van der Waals surface area contributed by atoms with Gasteiger partial charge in [0.2, 0.25) is 5.60 Å². The zero-order valence-corrected chi connectivity index (χ0v) is 19.1. The van der Waals surface area contributed by atoms with Crippen LogP contribution in [0.1, 0.15) is 24.0 Å². The van der Waals surface area contributed by atoms with Crippen molar-refractivity contribution in [1.82, 2.24) is 0 Å². The first-order valence-electron chi connectivity index (χ1n) is 10.8. The number of aliphatic hydroxyl groups is 2. The van der Waals surface area contributed by atoms with Crippen LogP contribution in [0.2, 0.25) is 0 Å². The Morgan fingerprint density at radius 3 is 1.65 bits per heavy atom. The van der Waals surface area contributed by atoms with Crippen LogP contribution in [0.4, 0.5) is 0 Å². The number of aliphatic carboxylic acids is 1. The lowest BCUT2D eigenvalue weighted by atomic mass is 9.79. The van der Waals surface area contributed by atoms with Crippen molar-refractivity contribution >= 4 is 30.1 Å². The van der Waals surface area contributed by atoms with Gasteiger partial charge in [-0.15, -0.1) is 0 Å². The lowest BCUT2D eigenvalue weighted by Crippen LogP contribution is -2.58. The Balaban J connectivity index is 1.66. The van der Waals surface area contributed by atoms with Crippen molar-refractivity contribution in [2.24, 2.45) is 0 Å². The highest BCUT2D eigenvalue weighted by molar-refractivity contribution is 5.91. The minimum atomic E-state index is -2.32. The highest BCUT2D eigenvalue weighted by Crippen LogP contribution is 2.35. The third-order valence-corrected chi connectivity index (χ3v) is 5.60. The molecule has 12 nitrogen and oxygen atoms in total. The van der Waals surface area contributed by atoms with Crippen LogP contribution < -0.4 is 0 Å². The summed E-state index contributed by atoms with van der Waals surface area (Å²) in [6.45, 7) is 0. The standard InChI is InChI=1S/C25H24O12/c26-15-5-1-13(9-17(15)28)3-7-21(32)36-23-19(30)11-25(24(34)35,12-20(23)31)37-22(33)8-4-14-2-6-16(27)18(29)10-14/h1-10,19-20,23,26-31H,11-12H2,(H,34,35)/b7-3+,8-4+/t19-,20-,23?,25?/m1/s1. The summed E-state index contributed by atoms with van der Waals surface area (Å²) in [4.78, 5) is 36.4. The maximum atomic E-state index is 12.3. The Morgan fingerprint density at radius 1 is 0.757 bits per heavy atom. The third-order valence-electron chi connectivity index (χ3n) is 5.60. The van der Waals surface area contributed by atoms with E-state index in [4.69, 9.17) is 9.47 Å². The van der Waals surface area contributed by atoms with E-state index in [1.807, 2.05) is 0 Å². The Kier molecular flexibility index (Phi) is 8.05. The zero-order valence-electron chi connectivity index (χ0n) is 19.1. The van der Waals surface area contributed by atoms with Gasteiger partial charge in [-0.2, -0.15) is 0 Å². The van der Waals surface area contributed by atoms with Crippen LogP contribution in [0.3, 0.4) is 0 Å². The molecule has 0 saturated heterocycles. The molecule has 3 rings (SSSR count). The first-order valence-corrected chi connectivity index (χ1v) is 10.8. The number of carboxylic acid groups (broad SMARTS) is 1. The van der Waals surface area contributed by atoms with Gasteiger partial charge in [-0.1, -0.05) is 12.1 Å². The molecule has 1 aliphatic rings. The van der Waals surface area contributed by atoms with E-state index in [9.17, 15) is 50.1 Å². The maximum Gasteiger partial charge on any atom is 0.348 e. The fourth-order valence-electron chi connectivity index (χ4n) is 3.72. The van der Waals surface area contributed by atoms with E-state index in [0.29, 0.717) is 11.1 Å². The second-order valence-corrected chi connectivity index (χ2v) is 8.33. The number of ether oxygens (including phenoxy) is 2. The lowest BCUT2D eigenvalue weighted by molar-refractivity contribution is -0.207. The molecule has 0 amide bonds. The lowest BCUT2D eigenvalue weighted by Gasteiger charge is -2.41. The van der Waals surface area contributed by atoms with E-state index in [2.05, 4.69) is 0 Å². The van der Waals surface area contributed by atoms with Gasteiger partial charge in [0.1, 0.15) is 0 Å². The first-order chi connectivity index (χ1) is 17.4. The largest absolute Gasteiger partial charge is 0.504 e. The smallest absolute Gasteiger partial charge is 0.348 e. The van der Waals surface area contributed by atoms with Crippen molar-refractivity contribution in [2.45, 2.75) is 36.8 Å². The molecule has 37 heavy (non-hydrogen) atoms. The summed E-state index contributed by atoms with van der Waals surface area (Å²) < 4.78 is 10.1. The normalized spacial score (nSPS) is 23.7. The second-order valence-electron chi connectivity index (χ2n) is 8.33. The molecular formula is C25H24O12. The van der Waals surface area contributed by atoms with Crippen molar-refractivity contribution < 1.29 is 59.6 Å². The Morgan fingerprint density at radius 2 is 1.22 bits per heavy atom. The molecule has 1 aliphatic carbocycles. The van der Waals surface area contributed by atoms with Gasteiger partial charge in [-0.3, -0.25) is 0 Å². The number of hydrogen-bond donors (Lipinski definition) is 7. The zero-order chi connectivity index (χ0) is 27.3. The number of carboxylic acids is 1. The number of rotatable bonds is 7. The number of benzene rings is 2. The quantitative estimate of drug-likeness (QED) is 0.156. The summed E-state index contributed by atoms with van der Waals surface area (Å²) in [7, 11) is 0. The maximum absolute atomic E-state index is 12.3. The molecule has 0 bridgehead atoms. The Labute approximate surface area is 209 Å². The molecule has 196 valence electrons. The number of phenolic OH excluding ortho intramolecular Hbond substituents is 4. The van der Waals surface area contributed by atoms with Gasteiger partial charge in [-0.25, -0.2) is 14.4 Å². The van der Waals surface area contributed by atoms with E-state index in [-0.39, 0.29) is 11.5 Å². The number of carbonyl (C=O) groups is 3. The molecule has 2 aromatic carbocycles. The molecule has 0 heterocycles. The van der Waals surface area contributed by atoms with Crippen molar-refractivity contribution in [3.8, 4) is 23.0 Å². The van der Waals surface area contributed by atoms with E-state index in [0.717, 1.165) is 18.2 Å². The first kappa shape index (κ1) is 27.0. The summed E-state index contributed by atoms with van der Waals surface area (Å²) >= 11 is 0. The van der Waals surface area contributed by atoms with Crippen LogP contribution in [0.15, 0.2) is 48.6 Å². The van der Waals surface area contributed by atoms with Crippen molar-refractivity contribution in [2.75, 3.05) is 0 Å². The molecule has 0 aliphatic heterocycles. The summed E-state index contributed by atoms with van der Waals surface area (Å²) in [6, 6.07) is 7.48. The van der Waals surface area contributed by atoms with E-state index in [1.54, 1.807) is 0 Å².